The molecule has 2 aromatic rings. The topological polar surface area (TPSA) is 69.4 Å². The van der Waals surface area contributed by atoms with E-state index in [9.17, 15) is 9.59 Å². The fourth-order valence-corrected chi connectivity index (χ4v) is 1.28. The highest BCUT2D eigenvalue weighted by Crippen LogP contribution is 2.17. The minimum absolute atomic E-state index is 0.0624. The van der Waals surface area contributed by atoms with Crippen molar-refractivity contribution in [3.63, 3.8) is 0 Å². The molecule has 86 valence electrons. The first kappa shape index (κ1) is 11.1. The number of carbonyl (C=O) groups excluding carboxylic acids is 1. The number of nitrogens with zero attached hydrogens (tertiary/aromatic N) is 1. The normalized spacial score (nSPS) is 9.94. The number of ether oxygens (including phenoxy) is 1. The van der Waals surface area contributed by atoms with Gasteiger partial charge in [-0.05, 0) is 12.1 Å². The average Bonchev–Trinajstić information content (AvgIpc) is 2.28. The predicted octanol–water partition coefficient (Wildman–Crippen LogP) is 1.63. The van der Waals surface area contributed by atoms with Gasteiger partial charge in [-0.1, -0.05) is 18.2 Å². The van der Waals surface area contributed by atoms with Gasteiger partial charge in [0, 0.05) is 12.5 Å². The molecule has 1 aromatic heterocycles. The van der Waals surface area contributed by atoms with Gasteiger partial charge in [-0.3, -0.25) is 4.79 Å². The lowest BCUT2D eigenvalue weighted by atomic mass is 10.2. The molecule has 0 saturated heterocycles. The number of carbonyl (C=O) groups is 1. The Morgan fingerprint density at radius 2 is 2.00 bits per heavy atom. The van der Waals surface area contributed by atoms with Gasteiger partial charge in [-0.15, -0.1) is 0 Å². The maximum Gasteiger partial charge on any atom is 0.343 e. The quantitative estimate of drug-likeness (QED) is 0.734. The van der Waals surface area contributed by atoms with Crippen LogP contribution in [0.25, 0.3) is 11.5 Å². The predicted molar refractivity (Wildman–Crippen MR) is 59.5 cm³/mol. The summed E-state index contributed by atoms with van der Waals surface area (Å²) in [6, 6.07) is 9.90. The Kier molecular flexibility index (Phi) is 3.00. The molecule has 1 heterocycles. The Morgan fingerprint density at radius 1 is 1.29 bits per heavy atom. The minimum Gasteiger partial charge on any atom is -0.407 e. The van der Waals surface area contributed by atoms with Crippen molar-refractivity contribution in [3.8, 4) is 17.3 Å². The summed E-state index contributed by atoms with van der Waals surface area (Å²) in [6.45, 7) is 1.23. The van der Waals surface area contributed by atoms with Crippen LogP contribution in [0, 0.1) is 0 Å². The van der Waals surface area contributed by atoms with Crippen molar-refractivity contribution in [1.29, 1.82) is 0 Å². The van der Waals surface area contributed by atoms with Crippen LogP contribution in [0.5, 0.6) is 5.88 Å². The molecule has 0 aliphatic rings. The van der Waals surface area contributed by atoms with Crippen LogP contribution in [0.1, 0.15) is 6.92 Å². The van der Waals surface area contributed by atoms with E-state index in [4.69, 9.17) is 9.15 Å². The highest BCUT2D eigenvalue weighted by atomic mass is 16.5. The molecule has 0 N–H and O–H groups in total. The van der Waals surface area contributed by atoms with Gasteiger partial charge in [0.1, 0.15) is 0 Å². The maximum atomic E-state index is 11.3. The number of hydrogen-bond donors (Lipinski definition) is 0. The summed E-state index contributed by atoms with van der Waals surface area (Å²) >= 11 is 0. The maximum absolute atomic E-state index is 11.3. The largest absolute Gasteiger partial charge is 0.407 e. The molecule has 0 amide bonds. The third-order valence-electron chi connectivity index (χ3n) is 1.92. The minimum atomic E-state index is -0.616. The van der Waals surface area contributed by atoms with Crippen LogP contribution in [0.2, 0.25) is 0 Å². The van der Waals surface area contributed by atoms with Gasteiger partial charge in [0.2, 0.25) is 11.8 Å². The van der Waals surface area contributed by atoms with Crippen LogP contribution >= 0.6 is 0 Å². The van der Waals surface area contributed by atoms with Crippen LogP contribution in [0.3, 0.4) is 0 Å². The molecule has 0 fully saturated rings. The molecule has 0 aliphatic carbocycles. The first-order valence-corrected chi connectivity index (χ1v) is 4.91. The number of benzene rings is 1. The van der Waals surface area contributed by atoms with Crippen LogP contribution in [-0.2, 0) is 4.79 Å². The van der Waals surface area contributed by atoms with E-state index in [1.807, 2.05) is 6.07 Å². The van der Waals surface area contributed by atoms with E-state index in [1.165, 1.54) is 6.92 Å². The van der Waals surface area contributed by atoms with Gasteiger partial charge in [0.25, 0.3) is 0 Å². The van der Waals surface area contributed by atoms with Crippen LogP contribution in [0.4, 0.5) is 0 Å². The first-order valence-electron chi connectivity index (χ1n) is 4.91. The molecule has 1 aromatic carbocycles. The Bertz CT molecular complexity index is 589. The summed E-state index contributed by atoms with van der Waals surface area (Å²) < 4.78 is 9.67. The van der Waals surface area contributed by atoms with E-state index in [0.717, 1.165) is 6.07 Å². The molecule has 0 saturated carbocycles. The van der Waals surface area contributed by atoms with E-state index in [2.05, 4.69) is 4.98 Å². The molecular formula is C12H9NO4. The molecule has 0 radical (unpaired) electrons. The average molecular weight is 231 g/mol. The van der Waals surface area contributed by atoms with Crippen molar-refractivity contribution in [2.75, 3.05) is 0 Å². The van der Waals surface area contributed by atoms with E-state index in [1.54, 1.807) is 24.3 Å². The Morgan fingerprint density at radius 3 is 2.65 bits per heavy atom. The number of aromatic nitrogens is 1. The molecule has 5 heteroatoms. The standard InChI is InChI=1S/C12H9NO4/c1-8(14)16-10-7-11(15)17-12(13-10)9-5-3-2-4-6-9/h2-7H,1H3. The zero-order chi connectivity index (χ0) is 12.3. The van der Waals surface area contributed by atoms with Gasteiger partial charge in [0.15, 0.2) is 0 Å². The molecule has 17 heavy (non-hydrogen) atoms. The van der Waals surface area contributed by atoms with Crippen LogP contribution in [0.15, 0.2) is 45.6 Å². The van der Waals surface area contributed by atoms with Crippen molar-refractivity contribution in [1.82, 2.24) is 4.98 Å². The Hall–Kier alpha value is -2.43. The molecule has 0 aliphatic heterocycles. The fourth-order valence-electron chi connectivity index (χ4n) is 1.28. The second-order valence-corrected chi connectivity index (χ2v) is 3.28. The second-order valence-electron chi connectivity index (χ2n) is 3.28. The zero-order valence-corrected chi connectivity index (χ0v) is 9.04. The SMILES string of the molecule is CC(=O)Oc1cc(=O)oc(-c2ccccc2)n1. The Balaban J connectivity index is 2.45. The second kappa shape index (κ2) is 4.61. The first-order chi connectivity index (χ1) is 8.15. The fraction of sp³-hybridized carbons (Fsp3) is 0.0833. The summed E-state index contributed by atoms with van der Waals surface area (Å²) in [7, 11) is 0. The van der Waals surface area contributed by atoms with E-state index >= 15 is 0 Å². The third kappa shape index (κ3) is 2.78. The summed E-state index contributed by atoms with van der Waals surface area (Å²) in [5, 5.41) is 0. The van der Waals surface area contributed by atoms with Crippen molar-refractivity contribution in [2.45, 2.75) is 6.92 Å². The molecule has 0 atom stereocenters. The molecule has 0 spiro atoms. The summed E-state index contributed by atoms with van der Waals surface area (Å²) in [4.78, 5) is 26.0. The van der Waals surface area contributed by atoms with E-state index < -0.39 is 11.6 Å². The lowest BCUT2D eigenvalue weighted by Gasteiger charge is -2.01. The lowest BCUT2D eigenvalue weighted by molar-refractivity contribution is -0.132. The van der Waals surface area contributed by atoms with Crippen molar-refractivity contribution >= 4 is 5.97 Å². The number of esters is 1. The van der Waals surface area contributed by atoms with Gasteiger partial charge in [-0.25, -0.2) is 4.79 Å². The Labute approximate surface area is 96.7 Å². The summed E-state index contributed by atoms with van der Waals surface area (Å²) in [5.41, 5.74) is 0.0219. The monoisotopic (exact) mass is 231 g/mol. The molecule has 2 rings (SSSR count). The van der Waals surface area contributed by atoms with Gasteiger partial charge < -0.3 is 9.15 Å². The molecular weight excluding hydrogens is 222 g/mol. The number of rotatable bonds is 2. The van der Waals surface area contributed by atoms with Gasteiger partial charge in [-0.2, -0.15) is 4.98 Å². The molecule has 5 nitrogen and oxygen atoms in total. The van der Waals surface area contributed by atoms with Crippen molar-refractivity contribution in [2.24, 2.45) is 0 Å². The van der Waals surface area contributed by atoms with E-state index in [-0.39, 0.29) is 11.8 Å². The smallest absolute Gasteiger partial charge is 0.343 e. The van der Waals surface area contributed by atoms with Crippen molar-refractivity contribution < 1.29 is 13.9 Å². The van der Waals surface area contributed by atoms with Crippen LogP contribution < -0.4 is 10.4 Å². The van der Waals surface area contributed by atoms with Crippen LogP contribution in [-0.4, -0.2) is 11.0 Å². The van der Waals surface area contributed by atoms with Gasteiger partial charge in [0.05, 0.1) is 6.07 Å². The third-order valence-corrected chi connectivity index (χ3v) is 1.92. The molecule has 0 bridgehead atoms. The van der Waals surface area contributed by atoms with E-state index in [0.29, 0.717) is 5.56 Å². The summed E-state index contributed by atoms with van der Waals surface area (Å²) in [5.74, 6) is -0.482. The lowest BCUT2D eigenvalue weighted by Crippen LogP contribution is -2.08. The highest BCUT2D eigenvalue weighted by molar-refractivity contribution is 5.68. The number of hydrogen-bond acceptors (Lipinski definition) is 5. The molecule has 0 unspecified atom stereocenters. The van der Waals surface area contributed by atoms with Crippen molar-refractivity contribution in [3.05, 3.63) is 46.8 Å². The zero-order valence-electron chi connectivity index (χ0n) is 9.04. The highest BCUT2D eigenvalue weighted by Gasteiger charge is 2.08. The van der Waals surface area contributed by atoms with Gasteiger partial charge >= 0.3 is 11.6 Å². The summed E-state index contributed by atoms with van der Waals surface area (Å²) in [6.07, 6.45) is 0.